The molecule has 0 N–H and O–H groups in total. The minimum Gasteiger partial charge on any atom is -0.349 e. The summed E-state index contributed by atoms with van der Waals surface area (Å²) in [5.41, 5.74) is 0.209. The van der Waals surface area contributed by atoms with Crippen LogP contribution >= 0.6 is 0 Å². The van der Waals surface area contributed by atoms with Gasteiger partial charge in [-0.2, -0.15) is 5.26 Å². The first-order valence-corrected chi connectivity index (χ1v) is 4.32. The normalized spacial score (nSPS) is 10.2. The molecule has 0 spiro atoms. The smallest absolute Gasteiger partial charge is 0.207 e. The largest absolute Gasteiger partial charge is 0.349 e. The van der Waals surface area contributed by atoms with Gasteiger partial charge in [0.2, 0.25) is 5.43 Å². The summed E-state index contributed by atoms with van der Waals surface area (Å²) in [7, 11) is 1.71. The zero-order chi connectivity index (χ0) is 11.0. The minimum absolute atomic E-state index is 0.0237. The monoisotopic (exact) mass is 202 g/mol. The zero-order valence-electron chi connectivity index (χ0n) is 7.99. The highest BCUT2D eigenvalue weighted by Crippen LogP contribution is 2.12. The molecule has 1 aromatic carbocycles. The van der Waals surface area contributed by atoms with Gasteiger partial charge in [-0.3, -0.25) is 4.79 Å². The van der Waals surface area contributed by atoms with Gasteiger partial charge in [-0.25, -0.2) is 4.39 Å². The molecule has 0 aliphatic rings. The Kier molecular flexibility index (Phi) is 2.01. The van der Waals surface area contributed by atoms with Crippen molar-refractivity contribution in [3.63, 3.8) is 0 Å². The highest BCUT2D eigenvalue weighted by molar-refractivity contribution is 5.80. The van der Waals surface area contributed by atoms with Crippen molar-refractivity contribution in [3.05, 3.63) is 46.0 Å². The second-order valence-corrected chi connectivity index (χ2v) is 3.26. The highest BCUT2D eigenvalue weighted by atomic mass is 19.1. The van der Waals surface area contributed by atoms with E-state index in [4.69, 9.17) is 5.26 Å². The molecule has 74 valence electrons. The molecule has 2 aromatic rings. The number of aromatic nitrogens is 1. The number of fused-ring (bicyclic) bond motifs is 1. The van der Waals surface area contributed by atoms with Gasteiger partial charge >= 0.3 is 0 Å². The van der Waals surface area contributed by atoms with Crippen molar-refractivity contribution in [2.24, 2.45) is 7.05 Å². The lowest BCUT2D eigenvalue weighted by atomic mass is 10.1. The summed E-state index contributed by atoms with van der Waals surface area (Å²) in [4.78, 5) is 11.7. The van der Waals surface area contributed by atoms with Crippen LogP contribution in [-0.2, 0) is 7.05 Å². The Balaban J connectivity index is 3.03. The fourth-order valence-corrected chi connectivity index (χ4v) is 1.54. The van der Waals surface area contributed by atoms with E-state index in [1.165, 1.54) is 18.3 Å². The number of hydrogen-bond donors (Lipinski definition) is 0. The fourth-order valence-electron chi connectivity index (χ4n) is 1.54. The summed E-state index contributed by atoms with van der Waals surface area (Å²) in [6, 6.07) is 5.75. The van der Waals surface area contributed by atoms with Gasteiger partial charge in [0, 0.05) is 18.6 Å². The Morgan fingerprint density at radius 2 is 2.20 bits per heavy atom. The van der Waals surface area contributed by atoms with E-state index in [0.717, 1.165) is 6.07 Å². The van der Waals surface area contributed by atoms with Gasteiger partial charge in [0.25, 0.3) is 0 Å². The molecule has 0 unspecified atom stereocenters. The topological polar surface area (TPSA) is 45.8 Å². The van der Waals surface area contributed by atoms with Crippen molar-refractivity contribution in [3.8, 4) is 6.07 Å². The molecule has 1 heterocycles. The maximum absolute atomic E-state index is 13.0. The van der Waals surface area contributed by atoms with Crippen molar-refractivity contribution in [2.75, 3.05) is 0 Å². The summed E-state index contributed by atoms with van der Waals surface area (Å²) in [6.07, 6.45) is 1.45. The third-order valence-corrected chi connectivity index (χ3v) is 2.27. The van der Waals surface area contributed by atoms with Crippen LogP contribution in [0.15, 0.2) is 29.2 Å². The van der Waals surface area contributed by atoms with Crippen LogP contribution in [0.5, 0.6) is 0 Å². The van der Waals surface area contributed by atoms with E-state index >= 15 is 0 Å². The first-order chi connectivity index (χ1) is 7.13. The summed E-state index contributed by atoms with van der Waals surface area (Å²) < 4.78 is 14.6. The van der Waals surface area contributed by atoms with Gasteiger partial charge < -0.3 is 4.57 Å². The predicted octanol–water partition coefficient (Wildman–Crippen LogP) is 1.55. The van der Waals surface area contributed by atoms with Crippen molar-refractivity contribution in [2.45, 2.75) is 0 Å². The molecule has 1 aromatic heterocycles. The van der Waals surface area contributed by atoms with Crippen LogP contribution in [0.3, 0.4) is 0 Å². The molecule has 0 atom stereocenters. The first kappa shape index (κ1) is 9.41. The lowest BCUT2D eigenvalue weighted by Crippen LogP contribution is -2.11. The number of halogens is 1. The van der Waals surface area contributed by atoms with Gasteiger partial charge in [0.15, 0.2) is 0 Å². The molecule has 0 aliphatic heterocycles. The van der Waals surface area contributed by atoms with E-state index in [-0.39, 0.29) is 10.9 Å². The SMILES string of the molecule is Cn1cc(C#N)c(=O)c2cc(F)ccc21. The number of pyridine rings is 1. The predicted molar refractivity (Wildman–Crippen MR) is 53.9 cm³/mol. The lowest BCUT2D eigenvalue weighted by Gasteiger charge is -2.05. The van der Waals surface area contributed by atoms with E-state index in [1.54, 1.807) is 17.7 Å². The Bertz CT molecular complexity index is 637. The molecule has 0 saturated heterocycles. The second kappa shape index (κ2) is 3.21. The van der Waals surface area contributed by atoms with Crippen LogP contribution in [0, 0.1) is 17.1 Å². The molecule has 2 rings (SSSR count). The third-order valence-electron chi connectivity index (χ3n) is 2.27. The summed E-state index contributed by atoms with van der Waals surface area (Å²) >= 11 is 0. The summed E-state index contributed by atoms with van der Waals surface area (Å²) in [5, 5.41) is 8.95. The van der Waals surface area contributed by atoms with Gasteiger partial charge in [0.05, 0.1) is 5.52 Å². The molecule has 3 nitrogen and oxygen atoms in total. The maximum atomic E-state index is 13.0. The van der Waals surface area contributed by atoms with Crippen LogP contribution < -0.4 is 5.43 Å². The van der Waals surface area contributed by atoms with Gasteiger partial charge in [0.1, 0.15) is 17.4 Å². The standard InChI is InChI=1S/C11H7FN2O/c1-14-6-7(5-13)11(15)9-4-8(12)2-3-10(9)14/h2-4,6H,1H3. The van der Waals surface area contributed by atoms with E-state index in [1.807, 2.05) is 0 Å². The molecule has 0 radical (unpaired) electrons. The third kappa shape index (κ3) is 1.38. The number of aryl methyl sites for hydroxylation is 1. The van der Waals surface area contributed by atoms with Crippen molar-refractivity contribution in [1.29, 1.82) is 5.26 Å². The molecule has 0 saturated carbocycles. The van der Waals surface area contributed by atoms with Crippen LogP contribution in [-0.4, -0.2) is 4.57 Å². The van der Waals surface area contributed by atoms with Gasteiger partial charge in [-0.15, -0.1) is 0 Å². The Labute approximate surface area is 85.0 Å². The van der Waals surface area contributed by atoms with Crippen LogP contribution in [0.4, 0.5) is 4.39 Å². The number of hydrogen-bond acceptors (Lipinski definition) is 2. The first-order valence-electron chi connectivity index (χ1n) is 4.32. The molecule has 0 amide bonds. The van der Waals surface area contributed by atoms with Gasteiger partial charge in [-0.1, -0.05) is 0 Å². The van der Waals surface area contributed by atoms with Crippen LogP contribution in [0.25, 0.3) is 10.9 Å². The Morgan fingerprint density at radius 3 is 2.87 bits per heavy atom. The molecule has 15 heavy (non-hydrogen) atoms. The van der Waals surface area contributed by atoms with E-state index in [2.05, 4.69) is 0 Å². The fraction of sp³-hybridized carbons (Fsp3) is 0.0909. The van der Waals surface area contributed by atoms with Crippen LogP contribution in [0.2, 0.25) is 0 Å². The van der Waals surface area contributed by atoms with Gasteiger partial charge in [-0.05, 0) is 18.2 Å². The minimum atomic E-state index is -0.477. The number of benzene rings is 1. The van der Waals surface area contributed by atoms with E-state index < -0.39 is 11.2 Å². The molecule has 4 heteroatoms. The number of rotatable bonds is 0. The molecule has 0 bridgehead atoms. The van der Waals surface area contributed by atoms with E-state index in [0.29, 0.717) is 5.52 Å². The van der Waals surface area contributed by atoms with Crippen molar-refractivity contribution in [1.82, 2.24) is 4.57 Å². The highest BCUT2D eigenvalue weighted by Gasteiger charge is 2.07. The molecular formula is C11H7FN2O. The van der Waals surface area contributed by atoms with Crippen molar-refractivity contribution >= 4 is 10.9 Å². The Hall–Kier alpha value is -2.15. The van der Waals surface area contributed by atoms with Crippen LogP contribution in [0.1, 0.15) is 5.56 Å². The van der Waals surface area contributed by atoms with Crippen molar-refractivity contribution < 1.29 is 4.39 Å². The molecule has 0 fully saturated rings. The Morgan fingerprint density at radius 1 is 1.47 bits per heavy atom. The maximum Gasteiger partial charge on any atom is 0.207 e. The molecule has 0 aliphatic carbocycles. The number of nitrogens with zero attached hydrogens (tertiary/aromatic N) is 2. The lowest BCUT2D eigenvalue weighted by molar-refractivity contribution is 0.629. The van der Waals surface area contributed by atoms with E-state index in [9.17, 15) is 9.18 Å². The molecular weight excluding hydrogens is 195 g/mol. The average Bonchev–Trinajstić information content (AvgIpc) is 2.23. The quantitative estimate of drug-likeness (QED) is 0.650. The summed E-state index contributed by atoms with van der Waals surface area (Å²) in [6.45, 7) is 0. The number of nitriles is 1. The zero-order valence-corrected chi connectivity index (χ0v) is 7.99. The second-order valence-electron chi connectivity index (χ2n) is 3.26. The average molecular weight is 202 g/mol. The summed E-state index contributed by atoms with van der Waals surface area (Å²) in [5.74, 6) is -0.477.